The van der Waals surface area contributed by atoms with Crippen LogP contribution in [0.25, 0.3) is 11.1 Å². The number of ether oxygens (including phenoxy) is 1. The van der Waals surface area contributed by atoms with Gasteiger partial charge in [-0.05, 0) is 78.3 Å². The monoisotopic (exact) mass is 467 g/mol. The summed E-state index contributed by atoms with van der Waals surface area (Å²) in [4.78, 5) is 13.6. The van der Waals surface area contributed by atoms with E-state index in [4.69, 9.17) is 10.5 Å². The number of methoxy groups -OCH3 is 1. The molecule has 0 radical (unpaired) electrons. The fourth-order valence-electron chi connectivity index (χ4n) is 3.25. The molecule has 0 spiro atoms. The highest BCUT2D eigenvalue weighted by molar-refractivity contribution is 7.79. The van der Waals surface area contributed by atoms with Crippen molar-refractivity contribution in [1.82, 2.24) is 4.90 Å². The summed E-state index contributed by atoms with van der Waals surface area (Å²) < 4.78 is 27.6. The van der Waals surface area contributed by atoms with Crippen LogP contribution in [0.1, 0.15) is 27.9 Å². The Kier molecular flexibility index (Phi) is 10.3. The van der Waals surface area contributed by atoms with Crippen molar-refractivity contribution < 1.29 is 18.3 Å². The maximum Gasteiger partial charge on any atom is 0.253 e. The van der Waals surface area contributed by atoms with Gasteiger partial charge >= 0.3 is 0 Å². The summed E-state index contributed by atoms with van der Waals surface area (Å²) in [7, 11) is 4.78. The van der Waals surface area contributed by atoms with Crippen molar-refractivity contribution in [3.8, 4) is 16.9 Å². The Morgan fingerprint density at radius 2 is 1.73 bits per heavy atom. The van der Waals surface area contributed by atoms with Crippen molar-refractivity contribution in [2.75, 3.05) is 27.7 Å². The summed E-state index contributed by atoms with van der Waals surface area (Å²) in [5, 5.41) is 0. The zero-order chi connectivity index (χ0) is 24.4. The minimum Gasteiger partial charge on any atom is -0.768 e. The van der Waals surface area contributed by atoms with Crippen LogP contribution >= 0.6 is 0 Å². The number of nitrogens with zero attached hydrogens (tertiary/aromatic N) is 1. The van der Waals surface area contributed by atoms with E-state index in [1.807, 2.05) is 6.07 Å². The number of nitrogens with two attached hydrogens (primary N) is 1. The Morgan fingerprint density at radius 1 is 1.03 bits per heavy atom. The normalized spacial score (nSPS) is 11.2. The molecule has 0 aliphatic carbocycles. The molecule has 176 valence electrons. The molecule has 0 heterocycles. The topological polar surface area (TPSA) is 95.7 Å². The molecule has 3 aromatic rings. The van der Waals surface area contributed by atoms with Gasteiger partial charge in [-0.25, -0.2) is 0 Å². The van der Waals surface area contributed by atoms with Crippen LogP contribution in [0.5, 0.6) is 5.75 Å². The second-order valence-electron chi connectivity index (χ2n) is 7.76. The van der Waals surface area contributed by atoms with Gasteiger partial charge in [0.25, 0.3) is 5.91 Å². The molecule has 0 aliphatic rings. The van der Waals surface area contributed by atoms with Gasteiger partial charge in [-0.15, -0.1) is 0 Å². The third-order valence-corrected chi connectivity index (χ3v) is 5.62. The molecule has 0 bridgehead atoms. The molecule has 3 rings (SSSR count). The van der Waals surface area contributed by atoms with Crippen molar-refractivity contribution in [2.45, 2.75) is 24.7 Å². The van der Waals surface area contributed by atoms with E-state index in [-0.39, 0.29) is 16.6 Å². The lowest BCUT2D eigenvalue weighted by atomic mass is 10.0. The van der Waals surface area contributed by atoms with Crippen molar-refractivity contribution >= 4 is 17.0 Å². The Labute approximate surface area is 198 Å². The van der Waals surface area contributed by atoms with E-state index in [2.05, 4.69) is 31.2 Å². The summed E-state index contributed by atoms with van der Waals surface area (Å²) in [6.07, 6.45) is 2.20. The molecule has 2 N–H and O–H groups in total. The molecular weight excluding hydrogens is 436 g/mol. The first-order valence-electron chi connectivity index (χ1n) is 10.6. The second kappa shape index (κ2) is 12.9. The summed E-state index contributed by atoms with van der Waals surface area (Å²) >= 11 is -2.40. The highest BCUT2D eigenvalue weighted by Gasteiger charge is 2.11. The first-order chi connectivity index (χ1) is 15.8. The lowest BCUT2D eigenvalue weighted by molar-refractivity contribution is 0.0827. The molecule has 0 aliphatic heterocycles. The Morgan fingerprint density at radius 3 is 2.33 bits per heavy atom. The molecular formula is C26H31N2O4S-. The first kappa shape index (κ1) is 26.3. The van der Waals surface area contributed by atoms with Crippen LogP contribution in [0.15, 0.2) is 71.6 Å². The fraction of sp³-hybridized carbons (Fsp3) is 0.269. The van der Waals surface area contributed by atoms with E-state index < -0.39 is 11.1 Å². The average molecular weight is 468 g/mol. The van der Waals surface area contributed by atoms with Gasteiger partial charge in [0.1, 0.15) is 5.75 Å². The van der Waals surface area contributed by atoms with E-state index in [0.717, 1.165) is 24.9 Å². The number of carbonyl (C=O) groups is 1. The van der Waals surface area contributed by atoms with Gasteiger partial charge in [-0.3, -0.25) is 9.00 Å². The number of aryl methyl sites for hydroxylation is 2. The van der Waals surface area contributed by atoms with Crippen molar-refractivity contribution in [3.05, 3.63) is 83.4 Å². The van der Waals surface area contributed by atoms with E-state index in [0.29, 0.717) is 11.1 Å². The third kappa shape index (κ3) is 7.82. The summed E-state index contributed by atoms with van der Waals surface area (Å²) in [6, 6.07) is 20.5. The number of hydrogen-bond donors (Lipinski definition) is 1. The maximum atomic E-state index is 12.0. The van der Waals surface area contributed by atoms with Crippen LogP contribution in [0.2, 0.25) is 0 Å². The SMILES string of the molecule is COc1ccc(-c2cccc(C(=O)N(C)C)c2)cc1S(=O)[O-].Cc1cccc(CCCN)c1. The Balaban J connectivity index is 0.000000294. The lowest BCUT2D eigenvalue weighted by Gasteiger charge is -2.14. The van der Waals surface area contributed by atoms with Gasteiger partial charge in [0, 0.05) is 19.7 Å². The summed E-state index contributed by atoms with van der Waals surface area (Å²) in [5.41, 5.74) is 10.2. The van der Waals surface area contributed by atoms with Crippen LogP contribution in [0, 0.1) is 6.92 Å². The van der Waals surface area contributed by atoms with E-state index >= 15 is 0 Å². The average Bonchev–Trinajstić information content (AvgIpc) is 2.82. The first-order valence-corrected chi connectivity index (χ1v) is 11.7. The Hall–Kier alpha value is -3.00. The third-order valence-electron chi connectivity index (χ3n) is 4.94. The summed E-state index contributed by atoms with van der Waals surface area (Å²) in [5.74, 6) is 0.181. The Bertz CT molecular complexity index is 1100. The molecule has 0 fully saturated rings. The van der Waals surface area contributed by atoms with Gasteiger partial charge in [-0.1, -0.05) is 48.0 Å². The molecule has 6 nitrogen and oxygen atoms in total. The molecule has 33 heavy (non-hydrogen) atoms. The van der Waals surface area contributed by atoms with Gasteiger partial charge in [0.15, 0.2) is 0 Å². The van der Waals surface area contributed by atoms with Crippen molar-refractivity contribution in [2.24, 2.45) is 5.73 Å². The van der Waals surface area contributed by atoms with Crippen LogP contribution in [-0.2, 0) is 17.5 Å². The van der Waals surface area contributed by atoms with Gasteiger partial charge < -0.3 is 19.9 Å². The molecule has 7 heteroatoms. The molecule has 0 aromatic heterocycles. The predicted octanol–water partition coefficient (Wildman–Crippen LogP) is 4.19. The number of hydrogen-bond acceptors (Lipinski definition) is 5. The van der Waals surface area contributed by atoms with Crippen LogP contribution in [0.4, 0.5) is 0 Å². The number of rotatable bonds is 7. The minimum absolute atomic E-state index is 0.0874. The molecule has 3 aromatic carbocycles. The van der Waals surface area contributed by atoms with Gasteiger partial charge in [0.05, 0.1) is 12.0 Å². The van der Waals surface area contributed by atoms with Crippen molar-refractivity contribution in [1.29, 1.82) is 0 Å². The number of carbonyl (C=O) groups excluding carboxylic acids is 1. The number of amides is 1. The molecule has 1 unspecified atom stereocenters. The highest BCUT2D eigenvalue weighted by atomic mass is 32.2. The fourth-order valence-corrected chi connectivity index (χ4v) is 3.79. The van der Waals surface area contributed by atoms with E-state index in [1.54, 1.807) is 44.4 Å². The second-order valence-corrected chi connectivity index (χ2v) is 8.67. The van der Waals surface area contributed by atoms with Crippen LogP contribution in [-0.4, -0.2) is 47.3 Å². The molecule has 1 amide bonds. The van der Waals surface area contributed by atoms with Gasteiger partial charge in [0.2, 0.25) is 0 Å². The largest absolute Gasteiger partial charge is 0.768 e. The quantitative estimate of drug-likeness (QED) is 0.526. The lowest BCUT2D eigenvalue weighted by Crippen LogP contribution is -2.21. The zero-order valence-corrected chi connectivity index (χ0v) is 20.4. The van der Waals surface area contributed by atoms with Crippen molar-refractivity contribution in [3.63, 3.8) is 0 Å². The molecule has 0 saturated heterocycles. The summed E-state index contributed by atoms with van der Waals surface area (Å²) in [6.45, 7) is 2.90. The maximum absolute atomic E-state index is 12.0. The smallest absolute Gasteiger partial charge is 0.253 e. The van der Waals surface area contributed by atoms with Crippen LogP contribution in [0.3, 0.4) is 0 Å². The highest BCUT2D eigenvalue weighted by Crippen LogP contribution is 2.29. The standard InChI is InChI=1S/C16H17NO4S.C10H15N/c1-17(2)16(18)13-6-4-5-11(9-13)12-7-8-14(21-3)15(10-12)22(19)20;1-9-4-2-5-10(8-9)6-3-7-11/h4-10H,1-3H3,(H,19,20);2,4-5,8H,3,6-7,11H2,1H3/p-1. The minimum atomic E-state index is -2.40. The van der Waals surface area contributed by atoms with Crippen LogP contribution < -0.4 is 10.5 Å². The van der Waals surface area contributed by atoms with E-state index in [1.165, 1.54) is 29.2 Å². The zero-order valence-electron chi connectivity index (χ0n) is 19.5. The van der Waals surface area contributed by atoms with E-state index in [9.17, 15) is 13.6 Å². The molecule has 0 saturated carbocycles. The number of benzene rings is 3. The molecule has 1 atom stereocenters. The predicted molar refractivity (Wildman–Crippen MR) is 132 cm³/mol. The van der Waals surface area contributed by atoms with Gasteiger partial charge in [-0.2, -0.15) is 0 Å².